The molecule has 0 radical (unpaired) electrons. The highest BCUT2D eigenvalue weighted by Gasteiger charge is 1.99. The van der Waals surface area contributed by atoms with E-state index in [0.29, 0.717) is 37.5 Å². The van der Waals surface area contributed by atoms with Crippen LogP contribution >= 0.6 is 0 Å². The number of nitrogens with zero attached hydrogens (tertiary/aromatic N) is 2. The highest BCUT2D eigenvalue weighted by molar-refractivity contribution is 5.77. The van der Waals surface area contributed by atoms with E-state index >= 15 is 0 Å². The summed E-state index contributed by atoms with van der Waals surface area (Å²) in [5.41, 5.74) is 6.78. The number of nitrogens with one attached hydrogen (secondary N) is 1. The summed E-state index contributed by atoms with van der Waals surface area (Å²) >= 11 is 0. The second-order valence-electron chi connectivity index (χ2n) is 5.99. The van der Waals surface area contributed by atoms with E-state index in [1.807, 2.05) is 42.5 Å². The zero-order valence-corrected chi connectivity index (χ0v) is 14.8. The first-order valence-corrected chi connectivity index (χ1v) is 8.43. The molecule has 6 heteroatoms. The quantitative estimate of drug-likeness (QED) is 0.416. The fourth-order valence-corrected chi connectivity index (χ4v) is 1.95. The Bertz CT molecular complexity index is 642. The van der Waals surface area contributed by atoms with Crippen LogP contribution in [0.5, 0.6) is 11.6 Å². The fourth-order valence-electron chi connectivity index (χ4n) is 1.95. The molecule has 0 spiro atoms. The van der Waals surface area contributed by atoms with Gasteiger partial charge in [0.15, 0.2) is 5.96 Å². The lowest BCUT2D eigenvalue weighted by atomic mass is 10.2. The van der Waals surface area contributed by atoms with Crippen molar-refractivity contribution in [2.45, 2.75) is 20.4 Å². The van der Waals surface area contributed by atoms with Crippen LogP contribution in [-0.4, -0.2) is 30.7 Å². The monoisotopic (exact) mass is 342 g/mol. The molecular weight excluding hydrogens is 316 g/mol. The molecular formula is C19H26N4O2. The molecule has 0 atom stereocenters. The summed E-state index contributed by atoms with van der Waals surface area (Å²) in [4.78, 5) is 8.55. The van der Waals surface area contributed by atoms with Gasteiger partial charge in [0.25, 0.3) is 0 Å². The Morgan fingerprint density at radius 3 is 2.56 bits per heavy atom. The zero-order valence-electron chi connectivity index (χ0n) is 14.8. The third kappa shape index (κ3) is 7.56. The Kier molecular flexibility index (Phi) is 7.56. The highest BCUT2D eigenvalue weighted by Crippen LogP contribution is 2.10. The van der Waals surface area contributed by atoms with Crippen molar-refractivity contribution >= 4 is 5.96 Å². The third-order valence-electron chi connectivity index (χ3n) is 3.27. The van der Waals surface area contributed by atoms with E-state index in [0.717, 1.165) is 17.9 Å². The molecule has 25 heavy (non-hydrogen) atoms. The van der Waals surface area contributed by atoms with E-state index in [4.69, 9.17) is 15.2 Å². The lowest BCUT2D eigenvalue weighted by Gasteiger charge is -2.08. The molecule has 0 bridgehead atoms. The number of ether oxygens (including phenoxy) is 2. The average Bonchev–Trinajstić information content (AvgIpc) is 2.63. The van der Waals surface area contributed by atoms with Crippen molar-refractivity contribution in [3.05, 3.63) is 54.2 Å². The van der Waals surface area contributed by atoms with E-state index < -0.39 is 0 Å². The molecule has 2 rings (SSSR count). The first-order chi connectivity index (χ1) is 12.1. The lowest BCUT2D eigenvalue weighted by Crippen LogP contribution is -2.34. The molecule has 0 saturated carbocycles. The van der Waals surface area contributed by atoms with Gasteiger partial charge in [0.05, 0.1) is 6.54 Å². The number of benzene rings is 1. The van der Waals surface area contributed by atoms with Crippen LogP contribution in [0.2, 0.25) is 0 Å². The Hall–Kier alpha value is -2.76. The predicted molar refractivity (Wildman–Crippen MR) is 99.8 cm³/mol. The number of aromatic nitrogens is 1. The maximum absolute atomic E-state index is 5.81. The number of aliphatic imine (C=N–C) groups is 1. The van der Waals surface area contributed by atoms with Gasteiger partial charge in [-0.1, -0.05) is 38.1 Å². The first kappa shape index (κ1) is 18.6. The molecule has 134 valence electrons. The largest absolute Gasteiger partial charge is 0.490 e. The summed E-state index contributed by atoms with van der Waals surface area (Å²) in [6.45, 7) is 6.44. The normalized spacial score (nSPS) is 11.4. The molecule has 0 aliphatic rings. The molecule has 2 aromatic rings. The number of hydrogen-bond acceptors (Lipinski definition) is 4. The van der Waals surface area contributed by atoms with Gasteiger partial charge < -0.3 is 20.5 Å². The van der Waals surface area contributed by atoms with Crippen molar-refractivity contribution < 1.29 is 9.47 Å². The Labute approximate surface area is 149 Å². The maximum atomic E-state index is 5.81. The highest BCUT2D eigenvalue weighted by atomic mass is 16.5. The summed E-state index contributed by atoms with van der Waals surface area (Å²) in [5, 5.41) is 3.08. The van der Waals surface area contributed by atoms with E-state index in [9.17, 15) is 0 Å². The van der Waals surface area contributed by atoms with Gasteiger partial charge in [0.2, 0.25) is 5.88 Å². The number of para-hydroxylation sites is 1. The van der Waals surface area contributed by atoms with Gasteiger partial charge in [-0.3, -0.25) is 0 Å². The molecule has 1 heterocycles. The molecule has 0 amide bonds. The number of guanidine groups is 1. The van der Waals surface area contributed by atoms with Crippen LogP contribution in [0.15, 0.2) is 53.7 Å². The molecule has 0 aliphatic carbocycles. The Morgan fingerprint density at radius 2 is 1.88 bits per heavy atom. The standard InChI is InChI=1S/C19H26N4O2/c1-15(2)12-22-19(20)23-14-16-8-9-18(21-13-16)25-11-10-24-17-6-4-3-5-7-17/h3-9,13,15H,10-12,14H2,1-2H3,(H3,20,22,23). The van der Waals surface area contributed by atoms with Crippen molar-refractivity contribution in [2.75, 3.05) is 19.8 Å². The number of pyridine rings is 1. The predicted octanol–water partition coefficient (Wildman–Crippen LogP) is 2.60. The van der Waals surface area contributed by atoms with E-state index in [1.165, 1.54) is 0 Å². The summed E-state index contributed by atoms with van der Waals surface area (Å²) in [6.07, 6.45) is 1.74. The molecule has 0 aliphatic heterocycles. The number of rotatable bonds is 9. The van der Waals surface area contributed by atoms with Crippen LogP contribution in [0.25, 0.3) is 0 Å². The number of hydrogen-bond donors (Lipinski definition) is 2. The van der Waals surface area contributed by atoms with Gasteiger partial charge >= 0.3 is 0 Å². The van der Waals surface area contributed by atoms with Crippen LogP contribution < -0.4 is 20.5 Å². The lowest BCUT2D eigenvalue weighted by molar-refractivity contribution is 0.212. The summed E-state index contributed by atoms with van der Waals surface area (Å²) < 4.78 is 11.1. The molecule has 0 saturated heterocycles. The van der Waals surface area contributed by atoms with E-state index in [-0.39, 0.29) is 0 Å². The number of nitrogens with two attached hydrogens (primary N) is 1. The minimum Gasteiger partial charge on any atom is -0.490 e. The van der Waals surface area contributed by atoms with Crippen molar-refractivity contribution in [1.82, 2.24) is 10.3 Å². The van der Waals surface area contributed by atoms with Crippen LogP contribution in [0, 0.1) is 5.92 Å². The van der Waals surface area contributed by atoms with Crippen LogP contribution in [0.3, 0.4) is 0 Å². The molecule has 3 N–H and O–H groups in total. The van der Waals surface area contributed by atoms with Gasteiger partial charge in [0.1, 0.15) is 19.0 Å². The van der Waals surface area contributed by atoms with Crippen molar-refractivity contribution in [3.8, 4) is 11.6 Å². The SMILES string of the molecule is CC(C)CNC(N)=NCc1ccc(OCCOc2ccccc2)nc1. The first-order valence-electron chi connectivity index (χ1n) is 8.43. The molecule has 0 fully saturated rings. The van der Waals surface area contributed by atoms with Crippen LogP contribution in [0.1, 0.15) is 19.4 Å². The van der Waals surface area contributed by atoms with Crippen molar-refractivity contribution in [2.24, 2.45) is 16.6 Å². The van der Waals surface area contributed by atoms with Crippen LogP contribution in [0.4, 0.5) is 0 Å². The van der Waals surface area contributed by atoms with Gasteiger partial charge in [-0.05, 0) is 23.6 Å². The van der Waals surface area contributed by atoms with Gasteiger partial charge in [-0.15, -0.1) is 0 Å². The summed E-state index contributed by atoms with van der Waals surface area (Å²) in [6, 6.07) is 13.4. The second-order valence-corrected chi connectivity index (χ2v) is 5.99. The topological polar surface area (TPSA) is 81.8 Å². The minimum atomic E-state index is 0.436. The Morgan fingerprint density at radius 1 is 1.12 bits per heavy atom. The average molecular weight is 342 g/mol. The van der Waals surface area contributed by atoms with Gasteiger partial charge in [0, 0.05) is 18.8 Å². The van der Waals surface area contributed by atoms with Gasteiger partial charge in [-0.2, -0.15) is 0 Å². The van der Waals surface area contributed by atoms with E-state index in [1.54, 1.807) is 6.20 Å². The maximum Gasteiger partial charge on any atom is 0.213 e. The van der Waals surface area contributed by atoms with Crippen molar-refractivity contribution in [3.63, 3.8) is 0 Å². The smallest absolute Gasteiger partial charge is 0.213 e. The van der Waals surface area contributed by atoms with E-state index in [2.05, 4.69) is 29.1 Å². The molecule has 0 unspecified atom stereocenters. The molecule has 6 nitrogen and oxygen atoms in total. The third-order valence-corrected chi connectivity index (χ3v) is 3.27. The summed E-state index contributed by atoms with van der Waals surface area (Å²) in [5.74, 6) is 2.37. The minimum absolute atomic E-state index is 0.436. The van der Waals surface area contributed by atoms with Crippen molar-refractivity contribution in [1.29, 1.82) is 0 Å². The second kappa shape index (κ2) is 10.2. The fraction of sp³-hybridized carbons (Fsp3) is 0.368. The molecule has 1 aromatic heterocycles. The van der Waals surface area contributed by atoms with Gasteiger partial charge in [-0.25, -0.2) is 9.98 Å². The Balaban J connectivity index is 1.69. The zero-order chi connectivity index (χ0) is 17.9. The summed E-state index contributed by atoms with van der Waals surface area (Å²) in [7, 11) is 0. The molecule has 1 aromatic carbocycles. The van der Waals surface area contributed by atoms with Crippen LogP contribution in [-0.2, 0) is 6.54 Å².